The molecule has 2 heterocycles. The van der Waals surface area contributed by atoms with Crippen molar-refractivity contribution in [3.05, 3.63) is 28.5 Å². The second-order valence-electron chi connectivity index (χ2n) is 4.48. The second-order valence-corrected chi connectivity index (χ2v) is 5.46. The van der Waals surface area contributed by atoms with Gasteiger partial charge < -0.3 is 10.0 Å². The van der Waals surface area contributed by atoms with Gasteiger partial charge in [0.25, 0.3) is 0 Å². The summed E-state index contributed by atoms with van der Waals surface area (Å²) in [6, 6.07) is 3.88. The number of nitrogens with zero attached hydrogens (tertiary/aromatic N) is 1. The molecule has 0 bridgehead atoms. The Bertz CT molecular complexity index is 461. The van der Waals surface area contributed by atoms with Gasteiger partial charge in [0.1, 0.15) is 0 Å². The van der Waals surface area contributed by atoms with E-state index in [1.54, 1.807) is 35.3 Å². The van der Waals surface area contributed by atoms with Crippen LogP contribution in [0.4, 0.5) is 0 Å². The minimum atomic E-state index is -0.791. The molecule has 4 nitrogen and oxygen atoms in total. The summed E-state index contributed by atoms with van der Waals surface area (Å²) in [5.74, 6) is -1.13. The van der Waals surface area contributed by atoms with E-state index in [2.05, 4.69) is 0 Å². The van der Waals surface area contributed by atoms with E-state index in [-0.39, 0.29) is 17.7 Å². The normalized spacial score (nSPS) is 17.7. The molecule has 18 heavy (non-hydrogen) atoms. The number of thiophene rings is 1. The standard InChI is InChI=1S/C13H15NO3S/c1-9(13(16)17)10-7-14(8-10)12(15)5-4-11-3-2-6-18-11/h2-6,9-10H,7-8H2,1H3,(H,16,17)/b5-4+. The smallest absolute Gasteiger partial charge is 0.306 e. The molecular formula is C13H15NO3S. The van der Waals surface area contributed by atoms with Crippen LogP contribution in [0.3, 0.4) is 0 Å². The fourth-order valence-corrected chi connectivity index (χ4v) is 2.47. The highest BCUT2D eigenvalue weighted by molar-refractivity contribution is 7.10. The van der Waals surface area contributed by atoms with Crippen LogP contribution in [0.2, 0.25) is 0 Å². The van der Waals surface area contributed by atoms with Crippen LogP contribution in [0.1, 0.15) is 11.8 Å². The Morgan fingerprint density at radius 3 is 2.83 bits per heavy atom. The molecule has 0 aromatic carbocycles. The molecule has 1 saturated heterocycles. The Kier molecular flexibility index (Phi) is 3.81. The zero-order valence-electron chi connectivity index (χ0n) is 10.1. The van der Waals surface area contributed by atoms with E-state index >= 15 is 0 Å². The van der Waals surface area contributed by atoms with Crippen molar-refractivity contribution in [1.29, 1.82) is 0 Å². The summed E-state index contributed by atoms with van der Waals surface area (Å²) in [5, 5.41) is 10.8. The molecule has 1 amide bonds. The Balaban J connectivity index is 1.82. The Morgan fingerprint density at radius 1 is 1.56 bits per heavy atom. The molecule has 0 spiro atoms. The van der Waals surface area contributed by atoms with E-state index in [9.17, 15) is 9.59 Å². The molecule has 1 aromatic rings. The predicted molar refractivity (Wildman–Crippen MR) is 70.2 cm³/mol. The lowest BCUT2D eigenvalue weighted by molar-refractivity contribution is -0.148. The zero-order chi connectivity index (χ0) is 13.1. The van der Waals surface area contributed by atoms with Gasteiger partial charge in [-0.1, -0.05) is 13.0 Å². The van der Waals surface area contributed by atoms with Crippen molar-refractivity contribution < 1.29 is 14.7 Å². The number of amides is 1. The van der Waals surface area contributed by atoms with E-state index in [0.29, 0.717) is 13.1 Å². The van der Waals surface area contributed by atoms with Crippen LogP contribution in [0.5, 0.6) is 0 Å². The average Bonchev–Trinajstić information content (AvgIpc) is 2.76. The first-order valence-electron chi connectivity index (χ1n) is 5.81. The summed E-state index contributed by atoms with van der Waals surface area (Å²) in [6.45, 7) is 2.78. The van der Waals surface area contributed by atoms with Crippen LogP contribution in [0, 0.1) is 11.8 Å². The molecule has 5 heteroatoms. The molecule has 1 aliphatic rings. The minimum Gasteiger partial charge on any atom is -0.481 e. The Morgan fingerprint density at radius 2 is 2.28 bits per heavy atom. The number of likely N-dealkylation sites (tertiary alicyclic amines) is 1. The molecule has 1 aromatic heterocycles. The fourth-order valence-electron chi connectivity index (χ4n) is 1.86. The van der Waals surface area contributed by atoms with Gasteiger partial charge in [0.05, 0.1) is 5.92 Å². The van der Waals surface area contributed by atoms with Crippen molar-refractivity contribution in [3.8, 4) is 0 Å². The maximum Gasteiger partial charge on any atom is 0.306 e. The van der Waals surface area contributed by atoms with Crippen molar-refractivity contribution >= 4 is 29.3 Å². The monoisotopic (exact) mass is 265 g/mol. The summed E-state index contributed by atoms with van der Waals surface area (Å²) in [6.07, 6.45) is 3.34. The van der Waals surface area contributed by atoms with Crippen LogP contribution >= 0.6 is 11.3 Å². The molecule has 0 aliphatic carbocycles. The van der Waals surface area contributed by atoms with E-state index in [1.165, 1.54) is 0 Å². The number of carbonyl (C=O) groups excluding carboxylic acids is 1. The minimum absolute atomic E-state index is 0.0442. The number of hydrogen-bond donors (Lipinski definition) is 1. The maximum atomic E-state index is 11.8. The molecule has 0 saturated carbocycles. The molecule has 96 valence electrons. The largest absolute Gasteiger partial charge is 0.481 e. The Labute approximate surface area is 110 Å². The summed E-state index contributed by atoms with van der Waals surface area (Å²) >= 11 is 1.58. The van der Waals surface area contributed by atoms with E-state index in [1.807, 2.05) is 17.5 Å². The van der Waals surface area contributed by atoms with Crippen LogP contribution < -0.4 is 0 Å². The van der Waals surface area contributed by atoms with Crippen LogP contribution in [0.25, 0.3) is 6.08 Å². The van der Waals surface area contributed by atoms with E-state index in [4.69, 9.17) is 5.11 Å². The molecule has 1 atom stereocenters. The van der Waals surface area contributed by atoms with Crippen molar-refractivity contribution in [1.82, 2.24) is 4.90 Å². The summed E-state index contributed by atoms with van der Waals surface area (Å²) < 4.78 is 0. The summed E-state index contributed by atoms with van der Waals surface area (Å²) in [4.78, 5) is 25.2. The van der Waals surface area contributed by atoms with Crippen LogP contribution in [0.15, 0.2) is 23.6 Å². The quantitative estimate of drug-likeness (QED) is 0.846. The third kappa shape index (κ3) is 2.79. The molecule has 2 rings (SSSR count). The third-order valence-corrected chi connectivity index (χ3v) is 4.09. The topological polar surface area (TPSA) is 57.6 Å². The van der Waals surface area contributed by atoms with Crippen molar-refractivity contribution in [3.63, 3.8) is 0 Å². The van der Waals surface area contributed by atoms with Gasteiger partial charge in [0.2, 0.25) is 5.91 Å². The van der Waals surface area contributed by atoms with Crippen molar-refractivity contribution in [2.75, 3.05) is 13.1 Å². The van der Waals surface area contributed by atoms with Gasteiger partial charge in [-0.2, -0.15) is 0 Å². The third-order valence-electron chi connectivity index (χ3n) is 3.25. The van der Waals surface area contributed by atoms with Gasteiger partial charge in [-0.05, 0) is 17.5 Å². The number of aliphatic carboxylic acids is 1. The summed E-state index contributed by atoms with van der Waals surface area (Å²) in [5.41, 5.74) is 0. The first kappa shape index (κ1) is 12.8. The van der Waals surface area contributed by atoms with Gasteiger partial charge in [-0.25, -0.2) is 0 Å². The second kappa shape index (κ2) is 5.35. The molecule has 1 N–H and O–H groups in total. The SMILES string of the molecule is CC(C(=O)O)C1CN(C(=O)/C=C/c2cccs2)C1. The number of rotatable bonds is 4. The van der Waals surface area contributed by atoms with E-state index in [0.717, 1.165) is 4.88 Å². The van der Waals surface area contributed by atoms with Gasteiger partial charge in [0, 0.05) is 30.0 Å². The van der Waals surface area contributed by atoms with Gasteiger partial charge in [-0.3, -0.25) is 9.59 Å². The lowest BCUT2D eigenvalue weighted by Crippen LogP contribution is -2.53. The van der Waals surface area contributed by atoms with Gasteiger partial charge >= 0.3 is 5.97 Å². The molecule has 0 radical (unpaired) electrons. The average molecular weight is 265 g/mol. The van der Waals surface area contributed by atoms with Gasteiger partial charge in [0.15, 0.2) is 0 Å². The lowest BCUT2D eigenvalue weighted by Gasteiger charge is -2.40. The first-order chi connectivity index (χ1) is 8.58. The zero-order valence-corrected chi connectivity index (χ0v) is 10.9. The molecular weight excluding hydrogens is 250 g/mol. The lowest BCUT2D eigenvalue weighted by atomic mass is 9.87. The molecule has 1 fully saturated rings. The summed E-state index contributed by atoms with van der Waals surface area (Å²) in [7, 11) is 0. The highest BCUT2D eigenvalue weighted by atomic mass is 32.1. The number of carboxylic acid groups (broad SMARTS) is 1. The van der Waals surface area contributed by atoms with Gasteiger partial charge in [-0.15, -0.1) is 11.3 Å². The fraction of sp³-hybridized carbons (Fsp3) is 0.385. The number of carbonyl (C=O) groups is 2. The first-order valence-corrected chi connectivity index (χ1v) is 6.69. The van der Waals surface area contributed by atoms with Crippen molar-refractivity contribution in [2.24, 2.45) is 11.8 Å². The maximum absolute atomic E-state index is 11.8. The predicted octanol–water partition coefficient (Wildman–Crippen LogP) is 1.94. The van der Waals surface area contributed by atoms with Crippen LogP contribution in [-0.4, -0.2) is 35.0 Å². The number of carboxylic acids is 1. The number of hydrogen-bond acceptors (Lipinski definition) is 3. The highest BCUT2D eigenvalue weighted by Crippen LogP contribution is 2.24. The Hall–Kier alpha value is -1.62. The van der Waals surface area contributed by atoms with Crippen LogP contribution in [-0.2, 0) is 9.59 Å². The van der Waals surface area contributed by atoms with E-state index < -0.39 is 5.97 Å². The highest BCUT2D eigenvalue weighted by Gasteiger charge is 2.36. The molecule has 1 unspecified atom stereocenters. The van der Waals surface area contributed by atoms with Crippen molar-refractivity contribution in [2.45, 2.75) is 6.92 Å². The molecule has 1 aliphatic heterocycles.